The minimum absolute atomic E-state index is 0.0671. The molecule has 5 N–H and O–H groups in total. The Morgan fingerprint density at radius 2 is 2.00 bits per heavy atom. The SMILES string of the molecule is CCC(CO)(CO)Nc1cc(Cl)c(F)cc1N. The van der Waals surface area contributed by atoms with Gasteiger partial charge in [0.05, 0.1) is 35.2 Å². The van der Waals surface area contributed by atoms with Crippen LogP contribution in [0.25, 0.3) is 0 Å². The molecule has 0 amide bonds. The van der Waals surface area contributed by atoms with E-state index in [2.05, 4.69) is 5.32 Å². The molecule has 6 heteroatoms. The maximum atomic E-state index is 13.1. The number of nitrogen functional groups attached to an aromatic ring is 1. The highest BCUT2D eigenvalue weighted by atomic mass is 35.5. The van der Waals surface area contributed by atoms with Gasteiger partial charge in [-0.15, -0.1) is 0 Å². The molecule has 1 rings (SSSR count). The van der Waals surface area contributed by atoms with Crippen LogP contribution in [0, 0.1) is 5.82 Å². The molecule has 1 aromatic rings. The molecule has 4 nitrogen and oxygen atoms in total. The number of halogens is 2. The third-order valence-electron chi connectivity index (χ3n) is 2.77. The fourth-order valence-corrected chi connectivity index (χ4v) is 1.56. The minimum atomic E-state index is -0.894. The largest absolute Gasteiger partial charge is 0.397 e. The summed E-state index contributed by atoms with van der Waals surface area (Å²) in [5.41, 5.74) is 5.31. The summed E-state index contributed by atoms with van der Waals surface area (Å²) in [6.07, 6.45) is 0.481. The zero-order chi connectivity index (χ0) is 13.1. The lowest BCUT2D eigenvalue weighted by Gasteiger charge is -2.31. The highest BCUT2D eigenvalue weighted by Gasteiger charge is 2.27. The molecule has 0 fully saturated rings. The molecular formula is C11H16ClFN2O2. The Labute approximate surface area is 104 Å². The quantitative estimate of drug-likeness (QED) is 0.608. The predicted molar refractivity (Wildman–Crippen MR) is 66.6 cm³/mol. The molecule has 0 heterocycles. The second-order valence-electron chi connectivity index (χ2n) is 3.93. The van der Waals surface area contributed by atoms with Crippen molar-refractivity contribution in [2.75, 3.05) is 24.3 Å². The molecule has 1 aromatic carbocycles. The van der Waals surface area contributed by atoms with Crippen LogP contribution in [0.15, 0.2) is 12.1 Å². The fourth-order valence-electron chi connectivity index (χ4n) is 1.40. The first-order valence-electron chi connectivity index (χ1n) is 5.22. The van der Waals surface area contributed by atoms with Gasteiger partial charge in [-0.2, -0.15) is 0 Å². The van der Waals surface area contributed by atoms with E-state index in [-0.39, 0.29) is 23.9 Å². The Hall–Kier alpha value is -1.04. The Balaban J connectivity index is 3.05. The first-order chi connectivity index (χ1) is 7.98. The van der Waals surface area contributed by atoms with E-state index in [1.807, 2.05) is 0 Å². The third-order valence-corrected chi connectivity index (χ3v) is 3.06. The molecule has 0 aliphatic heterocycles. The van der Waals surface area contributed by atoms with Gasteiger partial charge < -0.3 is 21.3 Å². The molecule has 0 unspecified atom stereocenters. The Kier molecular flexibility index (Phi) is 4.56. The molecular weight excluding hydrogens is 247 g/mol. The number of hydrogen-bond donors (Lipinski definition) is 4. The van der Waals surface area contributed by atoms with Crippen LogP contribution >= 0.6 is 11.6 Å². The summed E-state index contributed by atoms with van der Waals surface area (Å²) < 4.78 is 13.1. The highest BCUT2D eigenvalue weighted by molar-refractivity contribution is 6.31. The van der Waals surface area contributed by atoms with Gasteiger partial charge in [0, 0.05) is 6.07 Å². The number of hydrogen-bond acceptors (Lipinski definition) is 4. The number of anilines is 2. The van der Waals surface area contributed by atoms with Crippen LogP contribution in [-0.4, -0.2) is 29.0 Å². The van der Waals surface area contributed by atoms with Crippen LogP contribution in [0.1, 0.15) is 13.3 Å². The van der Waals surface area contributed by atoms with Gasteiger partial charge in [-0.3, -0.25) is 0 Å². The predicted octanol–water partition coefficient (Wildman–Crippen LogP) is 1.61. The maximum absolute atomic E-state index is 13.1. The Morgan fingerprint density at radius 1 is 1.41 bits per heavy atom. The summed E-state index contributed by atoms with van der Waals surface area (Å²) in [7, 11) is 0. The van der Waals surface area contributed by atoms with Gasteiger partial charge in [-0.1, -0.05) is 18.5 Å². The summed E-state index contributed by atoms with van der Waals surface area (Å²) in [4.78, 5) is 0. The number of benzene rings is 1. The minimum Gasteiger partial charge on any atom is -0.397 e. The Morgan fingerprint density at radius 3 is 2.47 bits per heavy atom. The summed E-state index contributed by atoms with van der Waals surface area (Å²) in [6.45, 7) is 1.27. The molecule has 0 atom stereocenters. The van der Waals surface area contributed by atoms with Gasteiger partial charge in [0.15, 0.2) is 0 Å². The number of rotatable bonds is 5. The molecule has 0 saturated heterocycles. The normalized spacial score (nSPS) is 11.6. The van der Waals surface area contributed by atoms with Crippen molar-refractivity contribution in [1.29, 1.82) is 0 Å². The average Bonchev–Trinajstić information content (AvgIpc) is 2.33. The molecule has 96 valence electrons. The molecule has 0 spiro atoms. The second-order valence-corrected chi connectivity index (χ2v) is 4.34. The summed E-state index contributed by atoms with van der Waals surface area (Å²) in [6, 6.07) is 2.43. The van der Waals surface area contributed by atoms with Crippen LogP contribution in [0.2, 0.25) is 5.02 Å². The van der Waals surface area contributed by atoms with Crippen molar-refractivity contribution in [2.24, 2.45) is 0 Å². The first-order valence-corrected chi connectivity index (χ1v) is 5.60. The standard InChI is InChI=1S/C11H16ClFN2O2/c1-2-11(5-16,6-17)15-10-3-7(12)8(13)4-9(10)14/h3-4,15-17H,2,5-6,14H2,1H3. The first kappa shape index (κ1) is 14.0. The molecule has 0 radical (unpaired) electrons. The van der Waals surface area contributed by atoms with E-state index in [1.165, 1.54) is 6.07 Å². The highest BCUT2D eigenvalue weighted by Crippen LogP contribution is 2.29. The number of nitrogens with one attached hydrogen (secondary N) is 1. The third kappa shape index (κ3) is 3.00. The van der Waals surface area contributed by atoms with Gasteiger partial charge in [0.25, 0.3) is 0 Å². The lowest BCUT2D eigenvalue weighted by molar-refractivity contribution is 0.132. The van der Waals surface area contributed by atoms with Crippen molar-refractivity contribution in [1.82, 2.24) is 0 Å². The van der Waals surface area contributed by atoms with Crippen LogP contribution in [0.3, 0.4) is 0 Å². The molecule has 0 bridgehead atoms. The molecule has 0 aromatic heterocycles. The van der Waals surface area contributed by atoms with Gasteiger partial charge in [-0.25, -0.2) is 4.39 Å². The van der Waals surface area contributed by atoms with E-state index in [4.69, 9.17) is 17.3 Å². The smallest absolute Gasteiger partial charge is 0.143 e. The van der Waals surface area contributed by atoms with Crippen molar-refractivity contribution in [3.05, 3.63) is 23.0 Å². The van der Waals surface area contributed by atoms with Crippen LogP contribution < -0.4 is 11.1 Å². The Bertz CT molecular complexity index is 389. The summed E-state index contributed by atoms with van der Waals surface area (Å²) in [5, 5.41) is 21.4. The van der Waals surface area contributed by atoms with Crippen LogP contribution in [0.4, 0.5) is 15.8 Å². The van der Waals surface area contributed by atoms with Crippen molar-refractivity contribution >= 4 is 23.0 Å². The van der Waals surface area contributed by atoms with Crippen molar-refractivity contribution < 1.29 is 14.6 Å². The van der Waals surface area contributed by atoms with E-state index in [0.717, 1.165) is 6.07 Å². The van der Waals surface area contributed by atoms with E-state index in [1.54, 1.807) is 6.92 Å². The number of aliphatic hydroxyl groups is 2. The van der Waals surface area contributed by atoms with Gasteiger partial charge in [0.2, 0.25) is 0 Å². The van der Waals surface area contributed by atoms with E-state index >= 15 is 0 Å². The molecule has 17 heavy (non-hydrogen) atoms. The van der Waals surface area contributed by atoms with Crippen LogP contribution in [-0.2, 0) is 0 Å². The summed E-state index contributed by atoms with van der Waals surface area (Å²) in [5.74, 6) is -0.607. The van der Waals surface area contributed by atoms with Crippen LogP contribution in [0.5, 0.6) is 0 Å². The van der Waals surface area contributed by atoms with Crippen molar-refractivity contribution in [3.63, 3.8) is 0 Å². The van der Waals surface area contributed by atoms with Crippen molar-refractivity contribution in [2.45, 2.75) is 18.9 Å². The van der Waals surface area contributed by atoms with E-state index in [9.17, 15) is 14.6 Å². The van der Waals surface area contributed by atoms with E-state index < -0.39 is 11.4 Å². The number of nitrogens with two attached hydrogens (primary N) is 1. The summed E-state index contributed by atoms with van der Waals surface area (Å²) >= 11 is 5.65. The fraction of sp³-hybridized carbons (Fsp3) is 0.455. The molecule has 0 aliphatic carbocycles. The molecule has 0 aliphatic rings. The number of aliphatic hydroxyl groups excluding tert-OH is 2. The average molecular weight is 263 g/mol. The zero-order valence-electron chi connectivity index (χ0n) is 9.50. The lowest BCUT2D eigenvalue weighted by Crippen LogP contribution is -2.45. The molecule has 0 saturated carbocycles. The van der Waals surface area contributed by atoms with E-state index in [0.29, 0.717) is 12.1 Å². The van der Waals surface area contributed by atoms with Gasteiger partial charge in [0.1, 0.15) is 5.82 Å². The van der Waals surface area contributed by atoms with Gasteiger partial charge in [-0.05, 0) is 12.5 Å². The van der Waals surface area contributed by atoms with Crippen molar-refractivity contribution in [3.8, 4) is 0 Å². The zero-order valence-corrected chi connectivity index (χ0v) is 10.3. The monoisotopic (exact) mass is 262 g/mol. The maximum Gasteiger partial charge on any atom is 0.143 e. The lowest BCUT2D eigenvalue weighted by atomic mass is 9.98. The van der Waals surface area contributed by atoms with Gasteiger partial charge >= 0.3 is 0 Å². The topological polar surface area (TPSA) is 78.5 Å². The second kappa shape index (κ2) is 5.53.